The van der Waals surface area contributed by atoms with E-state index in [1.54, 1.807) is 4.90 Å². The fraction of sp³-hybridized carbons (Fsp3) is 0.556. The Bertz CT molecular complexity index is 561. The van der Waals surface area contributed by atoms with Crippen LogP contribution in [-0.2, 0) is 16.1 Å². The summed E-state index contributed by atoms with van der Waals surface area (Å²) in [5, 5.41) is 9.12. The minimum absolute atomic E-state index is 0.100. The first-order valence-electron chi connectivity index (χ1n) is 8.44. The van der Waals surface area contributed by atoms with E-state index in [4.69, 9.17) is 5.11 Å². The van der Waals surface area contributed by atoms with Gasteiger partial charge in [-0.2, -0.15) is 0 Å². The zero-order valence-electron chi connectivity index (χ0n) is 13.4. The number of likely N-dealkylation sites (tertiary alicyclic amines) is 2. The summed E-state index contributed by atoms with van der Waals surface area (Å²) >= 11 is 0. The molecule has 0 radical (unpaired) electrons. The average molecular weight is 316 g/mol. The number of rotatable bonds is 4. The van der Waals surface area contributed by atoms with E-state index in [9.17, 15) is 9.59 Å². The average Bonchev–Trinajstić information content (AvgIpc) is 3.06. The molecule has 124 valence electrons. The minimum atomic E-state index is -0.787. The molecule has 1 amide bonds. The SMILES string of the molecule is O=C(O)[C@H]1CCN(C(=O)[C@H]2CCCCN2Cc2ccccc2)C1. The molecule has 5 heteroatoms. The number of carboxylic acid groups (broad SMARTS) is 1. The third kappa shape index (κ3) is 3.72. The normalized spacial score (nSPS) is 25.5. The molecule has 2 aliphatic heterocycles. The van der Waals surface area contributed by atoms with Crippen molar-refractivity contribution in [3.63, 3.8) is 0 Å². The summed E-state index contributed by atoms with van der Waals surface area (Å²) in [6, 6.07) is 10.1. The van der Waals surface area contributed by atoms with E-state index < -0.39 is 11.9 Å². The number of hydrogen-bond acceptors (Lipinski definition) is 3. The summed E-state index contributed by atoms with van der Waals surface area (Å²) in [5.74, 6) is -1.07. The molecular formula is C18H24N2O3. The van der Waals surface area contributed by atoms with Crippen LogP contribution in [0.15, 0.2) is 30.3 Å². The fourth-order valence-corrected chi connectivity index (χ4v) is 3.65. The molecule has 0 unspecified atom stereocenters. The largest absolute Gasteiger partial charge is 0.481 e. The molecule has 0 aliphatic carbocycles. The lowest BCUT2D eigenvalue weighted by atomic mass is 10.00. The molecule has 0 saturated carbocycles. The molecule has 2 aliphatic rings. The second-order valence-electron chi connectivity index (χ2n) is 6.58. The Morgan fingerprint density at radius 2 is 1.87 bits per heavy atom. The zero-order chi connectivity index (χ0) is 16.2. The highest BCUT2D eigenvalue weighted by molar-refractivity contribution is 5.83. The van der Waals surface area contributed by atoms with Crippen LogP contribution in [0.2, 0.25) is 0 Å². The van der Waals surface area contributed by atoms with E-state index in [2.05, 4.69) is 17.0 Å². The molecule has 3 rings (SSSR count). The van der Waals surface area contributed by atoms with E-state index in [0.29, 0.717) is 19.5 Å². The predicted molar refractivity (Wildman–Crippen MR) is 86.8 cm³/mol. The second-order valence-corrected chi connectivity index (χ2v) is 6.58. The highest BCUT2D eigenvalue weighted by Gasteiger charge is 2.37. The second kappa shape index (κ2) is 7.13. The highest BCUT2D eigenvalue weighted by atomic mass is 16.4. The number of nitrogens with zero attached hydrogens (tertiary/aromatic N) is 2. The van der Waals surface area contributed by atoms with Gasteiger partial charge < -0.3 is 10.0 Å². The predicted octanol–water partition coefficient (Wildman–Crippen LogP) is 1.97. The maximum Gasteiger partial charge on any atom is 0.308 e. The van der Waals surface area contributed by atoms with Gasteiger partial charge >= 0.3 is 5.97 Å². The Kier molecular flexibility index (Phi) is 4.96. The molecule has 2 saturated heterocycles. The molecule has 2 atom stereocenters. The molecule has 5 nitrogen and oxygen atoms in total. The number of aliphatic carboxylic acids is 1. The van der Waals surface area contributed by atoms with E-state index >= 15 is 0 Å². The van der Waals surface area contributed by atoms with Gasteiger partial charge in [-0.05, 0) is 31.4 Å². The van der Waals surface area contributed by atoms with Crippen molar-refractivity contribution in [2.75, 3.05) is 19.6 Å². The van der Waals surface area contributed by atoms with Crippen molar-refractivity contribution in [1.29, 1.82) is 0 Å². The first-order valence-corrected chi connectivity index (χ1v) is 8.44. The molecule has 2 fully saturated rings. The first-order chi connectivity index (χ1) is 11.1. The molecule has 1 N–H and O–H groups in total. The standard InChI is InChI=1S/C18H24N2O3/c21-17(20-11-9-15(13-20)18(22)23)16-8-4-5-10-19(16)12-14-6-2-1-3-7-14/h1-3,6-7,15-16H,4-5,8-13H2,(H,22,23)/t15-,16+/m0/s1. The Morgan fingerprint density at radius 1 is 1.09 bits per heavy atom. The number of hydrogen-bond donors (Lipinski definition) is 1. The highest BCUT2D eigenvalue weighted by Crippen LogP contribution is 2.24. The van der Waals surface area contributed by atoms with Crippen molar-refractivity contribution in [2.24, 2.45) is 5.92 Å². The summed E-state index contributed by atoms with van der Waals surface area (Å²) in [6.07, 6.45) is 3.64. The van der Waals surface area contributed by atoms with Gasteiger partial charge in [0.15, 0.2) is 0 Å². The topological polar surface area (TPSA) is 60.9 Å². The Hall–Kier alpha value is -1.88. The van der Waals surface area contributed by atoms with Gasteiger partial charge in [-0.3, -0.25) is 14.5 Å². The Balaban J connectivity index is 1.66. The summed E-state index contributed by atoms with van der Waals surface area (Å²) in [4.78, 5) is 28.0. The molecule has 2 heterocycles. The summed E-state index contributed by atoms with van der Waals surface area (Å²) in [7, 11) is 0. The van der Waals surface area contributed by atoms with Crippen LogP contribution in [-0.4, -0.2) is 52.5 Å². The number of carbonyl (C=O) groups is 2. The van der Waals surface area contributed by atoms with Crippen LogP contribution in [0.4, 0.5) is 0 Å². The van der Waals surface area contributed by atoms with Gasteiger partial charge in [-0.1, -0.05) is 36.8 Å². The van der Waals surface area contributed by atoms with Crippen LogP contribution in [0.25, 0.3) is 0 Å². The quantitative estimate of drug-likeness (QED) is 0.922. The first kappa shape index (κ1) is 16.0. The third-order valence-corrected chi connectivity index (χ3v) is 4.98. The molecule has 0 aromatic heterocycles. The van der Waals surface area contributed by atoms with Gasteiger partial charge in [0.05, 0.1) is 12.0 Å². The van der Waals surface area contributed by atoms with Crippen LogP contribution >= 0.6 is 0 Å². The number of carboxylic acids is 1. The number of benzene rings is 1. The molecular weight excluding hydrogens is 292 g/mol. The molecule has 1 aromatic rings. The van der Waals surface area contributed by atoms with E-state index in [-0.39, 0.29) is 11.9 Å². The van der Waals surface area contributed by atoms with E-state index in [0.717, 1.165) is 32.4 Å². The van der Waals surface area contributed by atoms with Gasteiger partial charge in [0, 0.05) is 19.6 Å². The lowest BCUT2D eigenvalue weighted by Crippen LogP contribution is -2.50. The van der Waals surface area contributed by atoms with Crippen LogP contribution in [0.3, 0.4) is 0 Å². The van der Waals surface area contributed by atoms with Crippen LogP contribution in [0.1, 0.15) is 31.2 Å². The fourth-order valence-electron chi connectivity index (χ4n) is 3.65. The number of carbonyl (C=O) groups excluding carboxylic acids is 1. The molecule has 23 heavy (non-hydrogen) atoms. The van der Waals surface area contributed by atoms with Gasteiger partial charge in [0.25, 0.3) is 0 Å². The van der Waals surface area contributed by atoms with E-state index in [1.165, 1.54) is 5.56 Å². The maximum absolute atomic E-state index is 12.9. The zero-order valence-corrected chi connectivity index (χ0v) is 13.4. The van der Waals surface area contributed by atoms with Crippen molar-refractivity contribution in [3.05, 3.63) is 35.9 Å². The lowest BCUT2D eigenvalue weighted by molar-refractivity contribution is -0.142. The minimum Gasteiger partial charge on any atom is -0.481 e. The Labute approximate surface area is 136 Å². The van der Waals surface area contributed by atoms with Crippen LogP contribution in [0, 0.1) is 5.92 Å². The molecule has 0 spiro atoms. The van der Waals surface area contributed by atoms with Crippen LogP contribution in [0.5, 0.6) is 0 Å². The van der Waals surface area contributed by atoms with E-state index in [1.807, 2.05) is 18.2 Å². The smallest absolute Gasteiger partial charge is 0.308 e. The van der Waals surface area contributed by atoms with Gasteiger partial charge in [0.1, 0.15) is 0 Å². The third-order valence-electron chi connectivity index (χ3n) is 4.98. The summed E-state index contributed by atoms with van der Waals surface area (Å²) < 4.78 is 0. The van der Waals surface area contributed by atoms with Gasteiger partial charge in [-0.25, -0.2) is 0 Å². The van der Waals surface area contributed by atoms with Crippen molar-refractivity contribution in [2.45, 2.75) is 38.3 Å². The van der Waals surface area contributed by atoms with Gasteiger partial charge in [-0.15, -0.1) is 0 Å². The Morgan fingerprint density at radius 3 is 2.57 bits per heavy atom. The molecule has 0 bridgehead atoms. The summed E-state index contributed by atoms with van der Waals surface area (Å²) in [6.45, 7) is 2.66. The molecule has 1 aromatic carbocycles. The van der Waals surface area contributed by atoms with Crippen molar-refractivity contribution in [1.82, 2.24) is 9.80 Å². The number of piperidine rings is 1. The summed E-state index contributed by atoms with van der Waals surface area (Å²) in [5.41, 5.74) is 1.22. The monoisotopic (exact) mass is 316 g/mol. The van der Waals surface area contributed by atoms with Crippen LogP contribution < -0.4 is 0 Å². The van der Waals surface area contributed by atoms with Crippen molar-refractivity contribution in [3.8, 4) is 0 Å². The van der Waals surface area contributed by atoms with Crippen molar-refractivity contribution < 1.29 is 14.7 Å². The number of amides is 1. The maximum atomic E-state index is 12.9. The van der Waals surface area contributed by atoms with Crippen molar-refractivity contribution >= 4 is 11.9 Å². The van der Waals surface area contributed by atoms with Gasteiger partial charge in [0.2, 0.25) is 5.91 Å². The lowest BCUT2D eigenvalue weighted by Gasteiger charge is -2.36.